The molecule has 0 aromatic heterocycles. The summed E-state index contributed by atoms with van der Waals surface area (Å²) in [7, 11) is 0. The molecule has 6 nitrogen and oxygen atoms in total. The Morgan fingerprint density at radius 3 is 1.90 bits per heavy atom. The predicted molar refractivity (Wildman–Crippen MR) is 74.2 cm³/mol. The van der Waals surface area contributed by atoms with Crippen molar-refractivity contribution in [3.63, 3.8) is 0 Å². The Balaban J connectivity index is 0. The lowest BCUT2D eigenvalue weighted by molar-refractivity contribution is -0.139. The van der Waals surface area contributed by atoms with Gasteiger partial charge in [-0.1, -0.05) is 27.0 Å². The van der Waals surface area contributed by atoms with Crippen molar-refractivity contribution in [2.45, 2.75) is 20.8 Å². The van der Waals surface area contributed by atoms with Crippen LogP contribution in [0.5, 0.6) is 0 Å². The average Bonchev–Trinajstić information content (AvgIpc) is 2.33. The molecule has 20 heavy (non-hydrogen) atoms. The van der Waals surface area contributed by atoms with E-state index in [0.29, 0.717) is 6.61 Å². The number of esters is 1. The van der Waals surface area contributed by atoms with Gasteiger partial charge in [0.1, 0.15) is 0 Å². The maximum Gasteiger partial charge on any atom is 0.337 e. The second-order valence-electron chi connectivity index (χ2n) is 4.27. The quantitative estimate of drug-likeness (QED) is 0.439. The Bertz CT molecular complexity index is 405. The van der Waals surface area contributed by atoms with Gasteiger partial charge >= 0.3 is 17.9 Å². The van der Waals surface area contributed by atoms with E-state index >= 15 is 0 Å². The Morgan fingerprint density at radius 1 is 1.15 bits per heavy atom. The molecular formula is C14H20O6. The van der Waals surface area contributed by atoms with Gasteiger partial charge in [-0.3, -0.25) is 0 Å². The lowest BCUT2D eigenvalue weighted by atomic mass is 10.2. The van der Waals surface area contributed by atoms with E-state index in [2.05, 4.69) is 13.2 Å². The minimum Gasteiger partial charge on any atom is -0.478 e. The summed E-state index contributed by atoms with van der Waals surface area (Å²) in [5.74, 6) is -2.40. The smallest absolute Gasteiger partial charge is 0.337 e. The Hall–Kier alpha value is -2.37. The molecule has 0 saturated carbocycles. The number of ether oxygens (including phenoxy) is 1. The van der Waals surface area contributed by atoms with E-state index in [4.69, 9.17) is 14.9 Å². The first-order valence-electron chi connectivity index (χ1n) is 5.73. The molecule has 0 saturated heterocycles. The van der Waals surface area contributed by atoms with Gasteiger partial charge in [0.05, 0.1) is 12.2 Å². The standard InChI is InChI=1S/C10H14O4.C4H6O2/c1-7(2)6-14-10(13)8(3)4-5-9(11)12;1-3(2)4(5)6/h4-5,7H,3,6H2,1-2H3,(H,11,12);1H2,2H3,(H,5,6). The molecule has 0 rings (SSSR count). The van der Waals surface area contributed by atoms with Gasteiger partial charge in [-0.05, 0) is 18.9 Å². The van der Waals surface area contributed by atoms with Crippen molar-refractivity contribution in [1.29, 1.82) is 0 Å². The second kappa shape index (κ2) is 10.5. The highest BCUT2D eigenvalue weighted by Crippen LogP contribution is 2.00. The molecule has 0 radical (unpaired) electrons. The summed E-state index contributed by atoms with van der Waals surface area (Å²) < 4.78 is 4.81. The van der Waals surface area contributed by atoms with Gasteiger partial charge in [0.25, 0.3) is 0 Å². The summed E-state index contributed by atoms with van der Waals surface area (Å²) >= 11 is 0. The fraction of sp³-hybridized carbons (Fsp3) is 0.357. The van der Waals surface area contributed by atoms with Crippen LogP contribution in [0.1, 0.15) is 20.8 Å². The van der Waals surface area contributed by atoms with Crippen LogP contribution in [0.4, 0.5) is 0 Å². The number of rotatable bonds is 6. The zero-order chi connectivity index (χ0) is 16.3. The van der Waals surface area contributed by atoms with Crippen molar-refractivity contribution < 1.29 is 29.3 Å². The van der Waals surface area contributed by atoms with Crippen LogP contribution in [0.2, 0.25) is 0 Å². The number of carbonyl (C=O) groups is 3. The molecule has 0 bridgehead atoms. The van der Waals surface area contributed by atoms with Gasteiger partial charge in [-0.15, -0.1) is 0 Å². The molecule has 0 aromatic carbocycles. The SMILES string of the molecule is C=C(C)C(=O)O.C=C(C=CC(=O)O)C(=O)OCC(C)C. The average molecular weight is 284 g/mol. The number of aliphatic carboxylic acids is 2. The number of carboxylic acid groups (broad SMARTS) is 2. The monoisotopic (exact) mass is 284 g/mol. The summed E-state index contributed by atoms with van der Waals surface area (Å²) in [4.78, 5) is 30.8. The van der Waals surface area contributed by atoms with Gasteiger partial charge in [-0.25, -0.2) is 14.4 Å². The van der Waals surface area contributed by atoms with Gasteiger partial charge in [0.2, 0.25) is 0 Å². The molecule has 0 heterocycles. The molecule has 0 amide bonds. The molecule has 0 spiro atoms. The summed E-state index contributed by atoms with van der Waals surface area (Å²) in [5, 5.41) is 16.2. The Labute approximate surface area is 118 Å². The lowest BCUT2D eigenvalue weighted by Crippen LogP contribution is -2.10. The molecule has 6 heteroatoms. The first kappa shape index (κ1) is 20.0. The van der Waals surface area contributed by atoms with Gasteiger partial charge < -0.3 is 14.9 Å². The maximum atomic E-state index is 11.1. The molecule has 0 aromatic rings. The summed E-state index contributed by atoms with van der Waals surface area (Å²) in [6.07, 6.45) is 1.96. The molecule has 0 aliphatic heterocycles. The van der Waals surface area contributed by atoms with E-state index in [0.717, 1.165) is 12.2 Å². The minimum atomic E-state index is -1.12. The van der Waals surface area contributed by atoms with Crippen molar-refractivity contribution in [2.24, 2.45) is 5.92 Å². The molecule has 2 N–H and O–H groups in total. The van der Waals surface area contributed by atoms with Crippen LogP contribution < -0.4 is 0 Å². The third-order valence-electron chi connectivity index (χ3n) is 1.60. The van der Waals surface area contributed by atoms with Crippen LogP contribution in [0.25, 0.3) is 0 Å². The minimum absolute atomic E-state index is 0.0352. The number of carbonyl (C=O) groups excluding carboxylic acids is 1. The van der Waals surface area contributed by atoms with E-state index in [1.54, 1.807) is 0 Å². The maximum absolute atomic E-state index is 11.1. The van der Waals surface area contributed by atoms with E-state index in [9.17, 15) is 14.4 Å². The second-order valence-corrected chi connectivity index (χ2v) is 4.27. The van der Waals surface area contributed by atoms with Crippen LogP contribution in [-0.2, 0) is 19.1 Å². The van der Waals surface area contributed by atoms with Crippen molar-refractivity contribution in [1.82, 2.24) is 0 Å². The van der Waals surface area contributed by atoms with E-state index in [1.807, 2.05) is 13.8 Å². The molecule has 0 atom stereocenters. The van der Waals surface area contributed by atoms with Crippen LogP contribution in [0.15, 0.2) is 36.5 Å². The molecule has 112 valence electrons. The highest BCUT2D eigenvalue weighted by Gasteiger charge is 2.06. The molecule has 0 aliphatic carbocycles. The van der Waals surface area contributed by atoms with Crippen molar-refractivity contribution >= 4 is 17.9 Å². The van der Waals surface area contributed by atoms with Crippen molar-refractivity contribution in [2.75, 3.05) is 6.61 Å². The zero-order valence-corrected chi connectivity index (χ0v) is 11.9. The van der Waals surface area contributed by atoms with Crippen LogP contribution in [0, 0.1) is 5.92 Å². The first-order valence-corrected chi connectivity index (χ1v) is 5.73. The highest BCUT2D eigenvalue weighted by atomic mass is 16.5. The van der Waals surface area contributed by atoms with Gasteiger partial charge in [0.15, 0.2) is 0 Å². The fourth-order valence-electron chi connectivity index (χ4n) is 0.575. The molecule has 0 unspecified atom stereocenters. The highest BCUT2D eigenvalue weighted by molar-refractivity contribution is 5.93. The first-order chi connectivity index (χ1) is 9.07. The van der Waals surface area contributed by atoms with Crippen LogP contribution in [-0.4, -0.2) is 34.7 Å². The number of carboxylic acids is 2. The Morgan fingerprint density at radius 2 is 1.60 bits per heavy atom. The van der Waals surface area contributed by atoms with Crippen LogP contribution >= 0.6 is 0 Å². The van der Waals surface area contributed by atoms with Crippen molar-refractivity contribution in [3.05, 3.63) is 36.5 Å². The number of hydrogen-bond donors (Lipinski definition) is 2. The van der Waals surface area contributed by atoms with Crippen molar-refractivity contribution in [3.8, 4) is 0 Å². The number of hydrogen-bond acceptors (Lipinski definition) is 4. The van der Waals surface area contributed by atoms with Gasteiger partial charge in [-0.2, -0.15) is 0 Å². The van der Waals surface area contributed by atoms with E-state index in [1.165, 1.54) is 6.92 Å². The fourth-order valence-corrected chi connectivity index (χ4v) is 0.575. The van der Waals surface area contributed by atoms with Gasteiger partial charge in [0, 0.05) is 11.6 Å². The van der Waals surface area contributed by atoms with E-state index in [-0.39, 0.29) is 17.1 Å². The third kappa shape index (κ3) is 13.7. The lowest BCUT2D eigenvalue weighted by Gasteiger charge is -2.06. The zero-order valence-electron chi connectivity index (χ0n) is 11.9. The summed E-state index contributed by atoms with van der Waals surface area (Å²) in [5.41, 5.74) is 0.211. The largest absolute Gasteiger partial charge is 0.478 e. The molecule has 0 fully saturated rings. The third-order valence-corrected chi connectivity index (χ3v) is 1.60. The normalized spacial score (nSPS) is 9.60. The molecular weight excluding hydrogens is 264 g/mol. The summed E-state index contributed by atoms with van der Waals surface area (Å²) in [6, 6.07) is 0. The van der Waals surface area contributed by atoms with E-state index < -0.39 is 17.9 Å². The summed E-state index contributed by atoms with van der Waals surface area (Å²) in [6.45, 7) is 12.1. The predicted octanol–water partition coefficient (Wildman–Crippen LogP) is 2.03. The Kier molecular flexibility index (Phi) is 10.5. The topological polar surface area (TPSA) is 101 Å². The van der Waals surface area contributed by atoms with Crippen LogP contribution in [0.3, 0.4) is 0 Å². The molecule has 0 aliphatic rings.